The maximum absolute atomic E-state index is 12.9. The lowest BCUT2D eigenvalue weighted by atomic mass is 9.92. The molecule has 1 saturated heterocycles. The molecular formula is C21H28N2O5. The third kappa shape index (κ3) is 5.24. The van der Waals surface area contributed by atoms with E-state index in [0.29, 0.717) is 31.8 Å². The molecular weight excluding hydrogens is 360 g/mol. The standard InChI is InChI=1S/C21H28N2O5/c1-28-20(26)18-13-23(12-17(18)15-7-8-15)21(27)22-16(9-10-19(24)25)11-14-5-3-2-4-6-14/h2-6,15-18H,7-13H2,1H3,(H,22,27)(H,24,25)/t16?,17-,18+/m1/s1. The Labute approximate surface area is 165 Å². The molecule has 0 radical (unpaired) electrons. The van der Waals surface area contributed by atoms with Crippen LogP contribution in [0, 0.1) is 17.8 Å². The molecule has 3 atom stereocenters. The van der Waals surface area contributed by atoms with E-state index in [1.165, 1.54) is 7.11 Å². The molecule has 2 fully saturated rings. The Morgan fingerprint density at radius 3 is 2.54 bits per heavy atom. The number of hydrogen-bond acceptors (Lipinski definition) is 4. The number of benzene rings is 1. The molecule has 3 rings (SSSR count). The van der Waals surface area contributed by atoms with Gasteiger partial charge in [0.15, 0.2) is 0 Å². The number of aliphatic carboxylic acids is 1. The first-order valence-electron chi connectivity index (χ1n) is 9.87. The number of rotatable bonds is 8. The van der Waals surface area contributed by atoms with Crippen LogP contribution in [-0.4, -0.2) is 54.2 Å². The Morgan fingerprint density at radius 2 is 1.93 bits per heavy atom. The first-order valence-corrected chi connectivity index (χ1v) is 9.87. The van der Waals surface area contributed by atoms with Crippen molar-refractivity contribution in [2.45, 2.75) is 38.1 Å². The number of carboxylic acids is 1. The van der Waals surface area contributed by atoms with Crippen LogP contribution < -0.4 is 5.32 Å². The van der Waals surface area contributed by atoms with Gasteiger partial charge in [-0.15, -0.1) is 0 Å². The minimum atomic E-state index is -0.881. The monoisotopic (exact) mass is 388 g/mol. The van der Waals surface area contributed by atoms with Gasteiger partial charge in [-0.25, -0.2) is 4.79 Å². The number of carbonyl (C=O) groups is 3. The summed E-state index contributed by atoms with van der Waals surface area (Å²) in [6, 6.07) is 9.19. The molecule has 1 unspecified atom stereocenters. The second kappa shape index (κ2) is 9.08. The van der Waals surface area contributed by atoms with Gasteiger partial charge in [0.05, 0.1) is 13.0 Å². The summed E-state index contributed by atoms with van der Waals surface area (Å²) >= 11 is 0. The van der Waals surface area contributed by atoms with E-state index in [1.54, 1.807) is 4.90 Å². The highest BCUT2D eigenvalue weighted by molar-refractivity contribution is 5.79. The zero-order valence-electron chi connectivity index (χ0n) is 16.2. The molecule has 1 aliphatic carbocycles. The molecule has 1 aliphatic heterocycles. The largest absolute Gasteiger partial charge is 0.481 e. The Balaban J connectivity index is 1.63. The van der Waals surface area contributed by atoms with Gasteiger partial charge in [0.25, 0.3) is 0 Å². The van der Waals surface area contributed by atoms with Gasteiger partial charge in [-0.2, -0.15) is 0 Å². The van der Waals surface area contributed by atoms with E-state index in [9.17, 15) is 14.4 Å². The third-order valence-corrected chi connectivity index (χ3v) is 5.74. The van der Waals surface area contributed by atoms with Crippen LogP contribution in [0.1, 0.15) is 31.2 Å². The molecule has 2 N–H and O–H groups in total. The number of likely N-dealkylation sites (tertiary alicyclic amines) is 1. The molecule has 0 aromatic heterocycles. The van der Waals surface area contributed by atoms with Crippen molar-refractivity contribution >= 4 is 18.0 Å². The van der Waals surface area contributed by atoms with Gasteiger partial charge in [-0.05, 0) is 43.1 Å². The van der Waals surface area contributed by atoms with Crippen LogP contribution in [0.15, 0.2) is 30.3 Å². The Kier molecular flexibility index (Phi) is 6.54. The van der Waals surface area contributed by atoms with Crippen LogP contribution in [0.3, 0.4) is 0 Å². The molecule has 1 aromatic carbocycles. The minimum Gasteiger partial charge on any atom is -0.481 e. The number of urea groups is 1. The topological polar surface area (TPSA) is 95.9 Å². The molecule has 1 aromatic rings. The SMILES string of the molecule is COC(=O)[C@H]1CN(C(=O)NC(CCC(=O)O)Cc2ccccc2)C[C@@H]1C1CC1. The van der Waals surface area contributed by atoms with Crippen molar-refractivity contribution in [3.8, 4) is 0 Å². The molecule has 28 heavy (non-hydrogen) atoms. The molecule has 2 aliphatic rings. The Bertz CT molecular complexity index is 704. The van der Waals surface area contributed by atoms with Gasteiger partial charge in [0, 0.05) is 25.6 Å². The third-order valence-electron chi connectivity index (χ3n) is 5.74. The minimum absolute atomic E-state index is 0.00668. The van der Waals surface area contributed by atoms with Gasteiger partial charge in [0.2, 0.25) is 0 Å². The van der Waals surface area contributed by atoms with E-state index in [4.69, 9.17) is 9.84 Å². The summed E-state index contributed by atoms with van der Waals surface area (Å²) in [5.41, 5.74) is 1.04. The van der Waals surface area contributed by atoms with Crippen LogP contribution in [-0.2, 0) is 20.7 Å². The summed E-state index contributed by atoms with van der Waals surface area (Å²) in [6.07, 6.45) is 3.12. The number of nitrogens with one attached hydrogen (secondary N) is 1. The van der Waals surface area contributed by atoms with E-state index in [1.807, 2.05) is 30.3 Å². The van der Waals surface area contributed by atoms with E-state index in [-0.39, 0.29) is 36.3 Å². The van der Waals surface area contributed by atoms with Crippen LogP contribution in [0.5, 0.6) is 0 Å². The smallest absolute Gasteiger partial charge is 0.317 e. The predicted octanol–water partition coefficient (Wildman–Crippen LogP) is 2.30. The van der Waals surface area contributed by atoms with Crippen molar-refractivity contribution in [1.29, 1.82) is 0 Å². The van der Waals surface area contributed by atoms with Gasteiger partial charge in [-0.1, -0.05) is 30.3 Å². The zero-order valence-corrected chi connectivity index (χ0v) is 16.2. The second-order valence-electron chi connectivity index (χ2n) is 7.80. The molecule has 7 nitrogen and oxygen atoms in total. The van der Waals surface area contributed by atoms with E-state index in [0.717, 1.165) is 18.4 Å². The number of carboxylic acid groups (broad SMARTS) is 1. The molecule has 1 saturated carbocycles. The highest BCUT2D eigenvalue weighted by atomic mass is 16.5. The quantitative estimate of drug-likeness (QED) is 0.666. The number of amides is 2. The fourth-order valence-corrected chi connectivity index (χ4v) is 4.09. The van der Waals surface area contributed by atoms with Crippen molar-refractivity contribution in [3.63, 3.8) is 0 Å². The average Bonchev–Trinajstić information content (AvgIpc) is 3.44. The van der Waals surface area contributed by atoms with E-state index < -0.39 is 5.97 Å². The first kappa shape index (κ1) is 20.2. The summed E-state index contributed by atoms with van der Waals surface area (Å²) in [4.78, 5) is 37.7. The molecule has 0 spiro atoms. The Morgan fingerprint density at radius 1 is 1.21 bits per heavy atom. The van der Waals surface area contributed by atoms with Crippen LogP contribution >= 0.6 is 0 Å². The van der Waals surface area contributed by atoms with Gasteiger partial charge in [0.1, 0.15) is 0 Å². The number of esters is 1. The normalized spacial score (nSPS) is 22.5. The fraction of sp³-hybridized carbons (Fsp3) is 0.571. The summed E-state index contributed by atoms with van der Waals surface area (Å²) < 4.78 is 4.93. The number of hydrogen-bond donors (Lipinski definition) is 2. The number of nitrogens with zero attached hydrogens (tertiary/aromatic N) is 1. The highest BCUT2D eigenvalue weighted by Crippen LogP contribution is 2.44. The number of methoxy groups -OCH3 is 1. The second-order valence-corrected chi connectivity index (χ2v) is 7.80. The van der Waals surface area contributed by atoms with Crippen molar-refractivity contribution in [2.75, 3.05) is 20.2 Å². The van der Waals surface area contributed by atoms with E-state index in [2.05, 4.69) is 5.32 Å². The number of carbonyl (C=O) groups excluding carboxylic acids is 2. The average molecular weight is 388 g/mol. The van der Waals surface area contributed by atoms with Crippen LogP contribution in [0.25, 0.3) is 0 Å². The summed E-state index contributed by atoms with van der Waals surface area (Å²) in [5.74, 6) is -0.749. The zero-order chi connectivity index (χ0) is 20.1. The van der Waals surface area contributed by atoms with E-state index >= 15 is 0 Å². The van der Waals surface area contributed by atoms with Crippen molar-refractivity contribution in [2.24, 2.45) is 17.8 Å². The van der Waals surface area contributed by atoms with Crippen molar-refractivity contribution in [3.05, 3.63) is 35.9 Å². The molecule has 7 heteroatoms. The summed E-state index contributed by atoms with van der Waals surface area (Å²) in [7, 11) is 1.39. The number of ether oxygens (including phenoxy) is 1. The van der Waals surface area contributed by atoms with Crippen molar-refractivity contribution < 1.29 is 24.2 Å². The lowest BCUT2D eigenvalue weighted by molar-refractivity contribution is -0.146. The van der Waals surface area contributed by atoms with Crippen LogP contribution in [0.4, 0.5) is 4.79 Å². The molecule has 2 amide bonds. The van der Waals surface area contributed by atoms with Crippen LogP contribution in [0.2, 0.25) is 0 Å². The van der Waals surface area contributed by atoms with Gasteiger partial charge >= 0.3 is 18.0 Å². The predicted molar refractivity (Wildman–Crippen MR) is 103 cm³/mol. The maximum atomic E-state index is 12.9. The van der Waals surface area contributed by atoms with Crippen molar-refractivity contribution in [1.82, 2.24) is 10.2 Å². The Hall–Kier alpha value is -2.57. The fourth-order valence-electron chi connectivity index (χ4n) is 4.09. The lowest BCUT2D eigenvalue weighted by Crippen LogP contribution is -2.45. The molecule has 152 valence electrons. The summed E-state index contributed by atoms with van der Waals surface area (Å²) in [6.45, 7) is 0.907. The summed E-state index contributed by atoms with van der Waals surface area (Å²) in [5, 5.41) is 12.0. The molecule has 0 bridgehead atoms. The van der Waals surface area contributed by atoms with Gasteiger partial charge < -0.3 is 20.1 Å². The first-order chi connectivity index (χ1) is 13.5. The highest BCUT2D eigenvalue weighted by Gasteiger charge is 2.47. The maximum Gasteiger partial charge on any atom is 0.317 e. The lowest BCUT2D eigenvalue weighted by Gasteiger charge is -2.23. The molecule has 1 heterocycles. The van der Waals surface area contributed by atoms with Gasteiger partial charge in [-0.3, -0.25) is 9.59 Å².